The summed E-state index contributed by atoms with van der Waals surface area (Å²) in [6, 6.07) is 15.6. The lowest BCUT2D eigenvalue weighted by Crippen LogP contribution is -2.17. The van der Waals surface area contributed by atoms with E-state index >= 15 is 0 Å². The summed E-state index contributed by atoms with van der Waals surface area (Å²) in [4.78, 5) is 5.02. The van der Waals surface area contributed by atoms with Crippen LogP contribution in [0.15, 0.2) is 48.7 Å². The van der Waals surface area contributed by atoms with Gasteiger partial charge in [-0.3, -0.25) is 4.40 Å². The smallest absolute Gasteiger partial charge is 0.145 e. The average Bonchev–Trinajstić information content (AvgIpc) is 3.18. The van der Waals surface area contributed by atoms with Gasteiger partial charge in [-0.05, 0) is 64.8 Å². The molecular weight excluding hydrogens is 292 g/mol. The van der Waals surface area contributed by atoms with Crippen LogP contribution in [-0.4, -0.2) is 9.38 Å². The maximum absolute atomic E-state index is 5.02. The first-order valence-corrected chi connectivity index (χ1v) is 8.92. The number of imidazole rings is 1. The molecule has 2 atom stereocenters. The molecule has 2 nitrogen and oxygen atoms in total. The van der Waals surface area contributed by atoms with Gasteiger partial charge in [-0.15, -0.1) is 0 Å². The highest BCUT2D eigenvalue weighted by atomic mass is 15.0. The number of benzene rings is 2. The molecule has 24 heavy (non-hydrogen) atoms. The third-order valence-electron chi connectivity index (χ3n) is 6.74. The molecule has 0 aliphatic heterocycles. The van der Waals surface area contributed by atoms with Gasteiger partial charge in [0.2, 0.25) is 0 Å². The second-order valence-corrected chi connectivity index (χ2v) is 8.39. The molecule has 0 saturated heterocycles. The summed E-state index contributed by atoms with van der Waals surface area (Å²) in [5, 5.41) is 2.49. The van der Waals surface area contributed by atoms with Crippen LogP contribution < -0.4 is 0 Å². The SMILES string of the molecule is CC12CCC(C)(C1)c1cc3c(cc12)nc1c2ccccc2ccn31. The van der Waals surface area contributed by atoms with Crippen LogP contribution in [0, 0.1) is 0 Å². The van der Waals surface area contributed by atoms with E-state index < -0.39 is 0 Å². The maximum Gasteiger partial charge on any atom is 0.145 e. The lowest BCUT2D eigenvalue weighted by atomic mass is 9.78. The molecule has 2 aliphatic rings. The lowest BCUT2D eigenvalue weighted by molar-refractivity contribution is 0.484. The Balaban J connectivity index is 1.77. The zero-order chi connectivity index (χ0) is 16.1. The van der Waals surface area contributed by atoms with Crippen molar-refractivity contribution >= 4 is 27.5 Å². The molecule has 2 unspecified atom stereocenters. The van der Waals surface area contributed by atoms with E-state index in [0.717, 1.165) is 11.2 Å². The second-order valence-electron chi connectivity index (χ2n) is 8.39. The molecule has 118 valence electrons. The average molecular weight is 312 g/mol. The molecule has 2 heterocycles. The van der Waals surface area contributed by atoms with Crippen molar-refractivity contribution in [2.75, 3.05) is 0 Å². The number of nitrogens with zero attached hydrogens (tertiary/aromatic N) is 2. The zero-order valence-corrected chi connectivity index (χ0v) is 14.1. The maximum atomic E-state index is 5.02. The van der Waals surface area contributed by atoms with E-state index in [2.05, 4.69) is 66.9 Å². The number of fused-ring (bicyclic) bond motifs is 10. The van der Waals surface area contributed by atoms with Gasteiger partial charge in [-0.1, -0.05) is 38.1 Å². The van der Waals surface area contributed by atoms with Crippen LogP contribution in [0.1, 0.15) is 44.2 Å². The second kappa shape index (κ2) is 3.83. The molecule has 6 rings (SSSR count). The molecule has 2 heteroatoms. The van der Waals surface area contributed by atoms with Crippen molar-refractivity contribution in [2.24, 2.45) is 0 Å². The Bertz CT molecular complexity index is 1170. The van der Waals surface area contributed by atoms with E-state index in [9.17, 15) is 0 Å². The normalized spacial score (nSPS) is 28.2. The Kier molecular flexibility index (Phi) is 2.07. The lowest BCUT2D eigenvalue weighted by Gasteiger charge is -2.26. The fourth-order valence-corrected chi connectivity index (χ4v) is 5.53. The Morgan fingerprint density at radius 2 is 1.71 bits per heavy atom. The summed E-state index contributed by atoms with van der Waals surface area (Å²) in [7, 11) is 0. The van der Waals surface area contributed by atoms with Crippen LogP contribution in [0.2, 0.25) is 0 Å². The number of hydrogen-bond acceptors (Lipinski definition) is 1. The van der Waals surface area contributed by atoms with Crippen molar-refractivity contribution in [2.45, 2.75) is 43.9 Å². The number of aromatic nitrogens is 2. The Hall–Kier alpha value is -2.35. The van der Waals surface area contributed by atoms with Crippen LogP contribution >= 0.6 is 0 Å². The fraction of sp³-hybridized carbons (Fsp3) is 0.318. The summed E-state index contributed by atoms with van der Waals surface area (Å²) < 4.78 is 2.27. The molecule has 0 N–H and O–H groups in total. The standard InChI is InChI=1S/C22H20N2/c1-21-8-9-22(2,13-21)17-12-19-18(11-16(17)21)23-20-15-6-4-3-5-14(15)7-10-24(19)20/h3-7,10-12H,8-9,13H2,1-2H3. The fourth-order valence-electron chi connectivity index (χ4n) is 5.53. The van der Waals surface area contributed by atoms with E-state index in [-0.39, 0.29) is 0 Å². The van der Waals surface area contributed by atoms with Gasteiger partial charge in [-0.25, -0.2) is 4.98 Å². The minimum absolute atomic E-state index is 0.357. The molecule has 4 aromatic rings. The topological polar surface area (TPSA) is 17.3 Å². The highest BCUT2D eigenvalue weighted by Crippen LogP contribution is 2.60. The van der Waals surface area contributed by atoms with Gasteiger partial charge < -0.3 is 0 Å². The molecule has 1 saturated carbocycles. The first kappa shape index (κ1) is 13.0. The molecule has 1 fully saturated rings. The third kappa shape index (κ3) is 1.37. The van der Waals surface area contributed by atoms with E-state index in [1.54, 1.807) is 11.1 Å². The van der Waals surface area contributed by atoms with Crippen LogP contribution in [0.4, 0.5) is 0 Å². The zero-order valence-electron chi connectivity index (χ0n) is 14.1. The van der Waals surface area contributed by atoms with Gasteiger partial charge in [0.25, 0.3) is 0 Å². The Morgan fingerprint density at radius 3 is 2.54 bits per heavy atom. The van der Waals surface area contributed by atoms with Gasteiger partial charge >= 0.3 is 0 Å². The molecule has 2 aliphatic carbocycles. The quantitative estimate of drug-likeness (QED) is 0.427. The van der Waals surface area contributed by atoms with Crippen LogP contribution in [0.3, 0.4) is 0 Å². The van der Waals surface area contributed by atoms with Crippen molar-refractivity contribution in [1.29, 1.82) is 0 Å². The van der Waals surface area contributed by atoms with Crippen LogP contribution in [0.5, 0.6) is 0 Å². The summed E-state index contributed by atoms with van der Waals surface area (Å²) in [5.74, 6) is 0. The van der Waals surface area contributed by atoms with Gasteiger partial charge in [0.1, 0.15) is 5.65 Å². The van der Waals surface area contributed by atoms with E-state index in [0.29, 0.717) is 10.8 Å². The van der Waals surface area contributed by atoms with E-state index in [1.807, 2.05) is 0 Å². The van der Waals surface area contributed by atoms with Gasteiger partial charge in [0.05, 0.1) is 11.0 Å². The predicted octanol–water partition coefficient (Wildman–Crippen LogP) is 5.35. The molecule has 0 amide bonds. The third-order valence-corrected chi connectivity index (χ3v) is 6.74. The van der Waals surface area contributed by atoms with Crippen LogP contribution in [-0.2, 0) is 10.8 Å². The molecule has 2 aromatic heterocycles. The van der Waals surface area contributed by atoms with Crippen molar-refractivity contribution in [1.82, 2.24) is 9.38 Å². The van der Waals surface area contributed by atoms with E-state index in [4.69, 9.17) is 4.98 Å². The molecule has 0 spiro atoms. The number of pyridine rings is 1. The van der Waals surface area contributed by atoms with Crippen molar-refractivity contribution in [3.8, 4) is 0 Å². The molecule has 2 aromatic carbocycles. The molecule has 2 bridgehead atoms. The molecule has 0 radical (unpaired) electrons. The minimum Gasteiger partial charge on any atom is -0.299 e. The number of hydrogen-bond donors (Lipinski definition) is 0. The van der Waals surface area contributed by atoms with Gasteiger partial charge in [0.15, 0.2) is 0 Å². The summed E-state index contributed by atoms with van der Waals surface area (Å²) in [6.07, 6.45) is 6.12. The monoisotopic (exact) mass is 312 g/mol. The van der Waals surface area contributed by atoms with Crippen molar-refractivity contribution in [3.05, 3.63) is 59.8 Å². The van der Waals surface area contributed by atoms with Gasteiger partial charge in [-0.2, -0.15) is 0 Å². The van der Waals surface area contributed by atoms with Crippen LogP contribution in [0.25, 0.3) is 27.5 Å². The minimum atomic E-state index is 0.357. The highest BCUT2D eigenvalue weighted by Gasteiger charge is 2.53. The number of rotatable bonds is 0. The van der Waals surface area contributed by atoms with Crippen molar-refractivity contribution in [3.63, 3.8) is 0 Å². The Labute approximate surface area is 141 Å². The predicted molar refractivity (Wildman–Crippen MR) is 98.8 cm³/mol. The first-order chi connectivity index (χ1) is 11.6. The summed E-state index contributed by atoms with van der Waals surface area (Å²) >= 11 is 0. The summed E-state index contributed by atoms with van der Waals surface area (Å²) in [5.41, 5.74) is 7.31. The summed E-state index contributed by atoms with van der Waals surface area (Å²) in [6.45, 7) is 4.90. The van der Waals surface area contributed by atoms with Gasteiger partial charge in [0, 0.05) is 11.6 Å². The van der Waals surface area contributed by atoms with Crippen molar-refractivity contribution < 1.29 is 0 Å². The largest absolute Gasteiger partial charge is 0.299 e. The Morgan fingerprint density at radius 1 is 0.958 bits per heavy atom. The molecular formula is C22H20N2. The van der Waals surface area contributed by atoms with E-state index in [1.165, 1.54) is 35.6 Å². The first-order valence-electron chi connectivity index (χ1n) is 8.92. The highest BCUT2D eigenvalue weighted by molar-refractivity contribution is 5.98.